The highest BCUT2D eigenvalue weighted by molar-refractivity contribution is 5.75. The van der Waals surface area contributed by atoms with E-state index in [0.29, 0.717) is 5.65 Å². The molecular weight excluding hydrogens is 382 g/mol. The number of aromatic nitrogens is 3. The van der Waals surface area contributed by atoms with Gasteiger partial charge in [-0.05, 0) is 18.9 Å². The van der Waals surface area contributed by atoms with Gasteiger partial charge in [0.1, 0.15) is 18.0 Å². The first kappa shape index (κ1) is 23.0. The van der Waals surface area contributed by atoms with Crippen LogP contribution in [-0.2, 0) is 11.2 Å². The Balaban J connectivity index is 1.45. The molecule has 3 atom stereocenters. The second kappa shape index (κ2) is 11.6. The first-order chi connectivity index (χ1) is 14.6. The van der Waals surface area contributed by atoms with Crippen molar-refractivity contribution in [3.8, 4) is 0 Å². The number of ether oxygens (including phenoxy) is 1. The van der Waals surface area contributed by atoms with Gasteiger partial charge in [0.25, 0.3) is 0 Å². The van der Waals surface area contributed by atoms with Crippen molar-refractivity contribution < 1.29 is 14.9 Å². The number of fused-ring (bicyclic) bond motifs is 1. The van der Waals surface area contributed by atoms with E-state index in [-0.39, 0.29) is 13.0 Å². The van der Waals surface area contributed by atoms with Crippen LogP contribution in [0.2, 0.25) is 0 Å². The highest BCUT2D eigenvalue weighted by Gasteiger charge is 2.35. The molecule has 0 radical (unpaired) electrons. The maximum Gasteiger partial charge on any atom is 0.351 e. The van der Waals surface area contributed by atoms with Crippen molar-refractivity contribution >= 4 is 11.0 Å². The number of hydrogen-bond donors (Lipinski definition) is 3. The van der Waals surface area contributed by atoms with Gasteiger partial charge in [0, 0.05) is 23.7 Å². The van der Waals surface area contributed by atoms with E-state index in [9.17, 15) is 15.0 Å². The van der Waals surface area contributed by atoms with E-state index in [4.69, 9.17) is 4.74 Å². The normalized spacial score (nSPS) is 21.6. The van der Waals surface area contributed by atoms with Gasteiger partial charge in [0.2, 0.25) is 0 Å². The molecule has 1 aliphatic rings. The van der Waals surface area contributed by atoms with Crippen LogP contribution in [0.3, 0.4) is 0 Å². The molecule has 2 aromatic heterocycles. The molecule has 0 bridgehead atoms. The number of unbranched alkanes of at least 4 members (excludes halogenated alkanes) is 9. The van der Waals surface area contributed by atoms with Crippen LogP contribution in [0.5, 0.6) is 0 Å². The fourth-order valence-electron chi connectivity index (χ4n) is 4.26. The van der Waals surface area contributed by atoms with Gasteiger partial charge >= 0.3 is 5.69 Å². The van der Waals surface area contributed by atoms with Crippen molar-refractivity contribution in [2.45, 2.75) is 102 Å². The van der Waals surface area contributed by atoms with Crippen LogP contribution in [0.25, 0.3) is 11.0 Å². The summed E-state index contributed by atoms with van der Waals surface area (Å²) in [6, 6.07) is 2.04. The van der Waals surface area contributed by atoms with Crippen LogP contribution in [0.15, 0.2) is 17.1 Å². The average Bonchev–Trinajstić information content (AvgIpc) is 3.30. The minimum absolute atomic E-state index is 0.269. The molecule has 2 aromatic rings. The fraction of sp³-hybridized carbons (Fsp3) is 0.739. The maximum atomic E-state index is 12.4. The molecule has 7 heteroatoms. The number of aromatic amines is 1. The Hall–Kier alpha value is -1.70. The van der Waals surface area contributed by atoms with Crippen LogP contribution < -0.4 is 5.69 Å². The predicted octanol–water partition coefficient (Wildman–Crippen LogP) is 3.83. The molecule has 3 heterocycles. The van der Waals surface area contributed by atoms with Crippen LogP contribution in [0.1, 0.15) is 89.5 Å². The van der Waals surface area contributed by atoms with Crippen molar-refractivity contribution in [3.63, 3.8) is 0 Å². The van der Waals surface area contributed by atoms with E-state index in [0.717, 1.165) is 23.9 Å². The number of aryl methyl sites for hydroxylation is 1. The third-order valence-electron chi connectivity index (χ3n) is 6.08. The van der Waals surface area contributed by atoms with Gasteiger partial charge in [0.05, 0.1) is 12.7 Å². The van der Waals surface area contributed by atoms with Gasteiger partial charge in [-0.3, -0.25) is 4.57 Å². The Morgan fingerprint density at radius 3 is 2.43 bits per heavy atom. The van der Waals surface area contributed by atoms with E-state index in [1.165, 1.54) is 62.4 Å². The van der Waals surface area contributed by atoms with Crippen LogP contribution in [-0.4, -0.2) is 43.6 Å². The smallest absolute Gasteiger partial charge is 0.351 e. The zero-order chi connectivity index (χ0) is 21.3. The van der Waals surface area contributed by atoms with Crippen LogP contribution in [0, 0.1) is 0 Å². The Kier molecular flexibility index (Phi) is 8.90. The zero-order valence-electron chi connectivity index (χ0n) is 18.2. The van der Waals surface area contributed by atoms with E-state index in [1.807, 2.05) is 6.07 Å². The van der Waals surface area contributed by atoms with E-state index >= 15 is 0 Å². The molecule has 0 aromatic carbocycles. The number of aliphatic hydroxyl groups is 2. The van der Waals surface area contributed by atoms with Crippen molar-refractivity contribution in [3.05, 3.63) is 28.4 Å². The molecule has 7 nitrogen and oxygen atoms in total. The molecule has 3 rings (SSSR count). The monoisotopic (exact) mass is 419 g/mol. The SMILES string of the molecule is CCCCCCCCCCCCc1cc2cn([C@H]3C[C@H](O)[C@@H](CO)O3)c(=O)nc2[nH]1. The van der Waals surface area contributed by atoms with Crippen LogP contribution >= 0.6 is 0 Å². The number of aliphatic hydroxyl groups excluding tert-OH is 2. The average molecular weight is 420 g/mol. The Morgan fingerprint density at radius 1 is 1.13 bits per heavy atom. The number of hydrogen-bond acceptors (Lipinski definition) is 5. The van der Waals surface area contributed by atoms with Crippen LogP contribution in [0.4, 0.5) is 0 Å². The molecule has 1 saturated heterocycles. The number of rotatable bonds is 13. The summed E-state index contributed by atoms with van der Waals surface area (Å²) in [4.78, 5) is 19.8. The molecule has 0 saturated carbocycles. The fourth-order valence-corrected chi connectivity index (χ4v) is 4.26. The van der Waals surface area contributed by atoms with Gasteiger partial charge in [0.15, 0.2) is 0 Å². The highest BCUT2D eigenvalue weighted by Crippen LogP contribution is 2.28. The zero-order valence-corrected chi connectivity index (χ0v) is 18.2. The summed E-state index contributed by atoms with van der Waals surface area (Å²) in [6.45, 7) is 1.98. The molecule has 0 unspecified atom stereocenters. The van der Waals surface area contributed by atoms with Gasteiger partial charge < -0.3 is 19.9 Å². The van der Waals surface area contributed by atoms with Crippen molar-refractivity contribution in [1.82, 2.24) is 14.5 Å². The minimum atomic E-state index is -0.777. The summed E-state index contributed by atoms with van der Waals surface area (Å²) < 4.78 is 7.01. The van der Waals surface area contributed by atoms with Crippen molar-refractivity contribution in [1.29, 1.82) is 0 Å². The Labute approximate surface area is 178 Å². The van der Waals surface area contributed by atoms with Crippen molar-refractivity contribution in [2.24, 2.45) is 0 Å². The number of nitrogens with zero attached hydrogens (tertiary/aromatic N) is 2. The first-order valence-electron chi connectivity index (χ1n) is 11.7. The van der Waals surface area contributed by atoms with Crippen molar-refractivity contribution in [2.75, 3.05) is 6.61 Å². The summed E-state index contributed by atoms with van der Waals surface area (Å²) in [7, 11) is 0. The molecule has 1 fully saturated rings. The Morgan fingerprint density at radius 2 is 1.80 bits per heavy atom. The molecule has 30 heavy (non-hydrogen) atoms. The number of H-pyrrole nitrogens is 1. The molecule has 0 amide bonds. The largest absolute Gasteiger partial charge is 0.394 e. The standard InChI is InChI=1S/C23H37N3O4/c1-2-3-4-5-6-7-8-9-10-11-12-18-13-17-15-26(23(29)25-22(17)24-18)21-14-19(28)20(16-27)30-21/h13,15,19-21,27-28H,2-12,14,16H2,1H3,(H,24,25,29)/t19-,20+,21+/m0/s1. The highest BCUT2D eigenvalue weighted by atomic mass is 16.5. The van der Waals surface area contributed by atoms with Gasteiger partial charge in [-0.15, -0.1) is 0 Å². The number of nitrogens with one attached hydrogen (secondary N) is 1. The molecule has 168 valence electrons. The third-order valence-corrected chi connectivity index (χ3v) is 6.08. The van der Waals surface area contributed by atoms with E-state index in [1.54, 1.807) is 6.20 Å². The third kappa shape index (κ3) is 6.15. The summed E-state index contributed by atoms with van der Waals surface area (Å²) >= 11 is 0. The lowest BCUT2D eigenvalue weighted by Crippen LogP contribution is -2.27. The molecule has 0 spiro atoms. The lowest BCUT2D eigenvalue weighted by atomic mass is 10.1. The Bertz CT molecular complexity index is 831. The summed E-state index contributed by atoms with van der Waals surface area (Å²) in [5.74, 6) is 0. The van der Waals surface area contributed by atoms with Gasteiger partial charge in [-0.2, -0.15) is 4.98 Å². The summed E-state index contributed by atoms with van der Waals surface area (Å²) in [6.07, 6.45) is 14.0. The topological polar surface area (TPSA) is 100 Å². The molecule has 0 aliphatic carbocycles. The molecular formula is C23H37N3O4. The first-order valence-corrected chi connectivity index (χ1v) is 11.7. The molecule has 1 aliphatic heterocycles. The predicted molar refractivity (Wildman–Crippen MR) is 118 cm³/mol. The quantitative estimate of drug-likeness (QED) is 0.429. The summed E-state index contributed by atoms with van der Waals surface area (Å²) in [5.41, 5.74) is 1.27. The second-order valence-corrected chi connectivity index (χ2v) is 8.58. The molecule has 3 N–H and O–H groups in total. The second-order valence-electron chi connectivity index (χ2n) is 8.58. The summed E-state index contributed by atoms with van der Waals surface area (Å²) in [5, 5.41) is 20.0. The van der Waals surface area contributed by atoms with Gasteiger partial charge in [-0.1, -0.05) is 64.7 Å². The maximum absolute atomic E-state index is 12.4. The minimum Gasteiger partial charge on any atom is -0.394 e. The lowest BCUT2D eigenvalue weighted by Gasteiger charge is -2.14. The lowest BCUT2D eigenvalue weighted by molar-refractivity contribution is -0.0457. The van der Waals surface area contributed by atoms with Gasteiger partial charge in [-0.25, -0.2) is 4.79 Å². The van der Waals surface area contributed by atoms with E-state index in [2.05, 4.69) is 16.9 Å². The van der Waals surface area contributed by atoms with E-state index < -0.39 is 24.1 Å².